The minimum atomic E-state index is -0.0158. The van der Waals surface area contributed by atoms with Gasteiger partial charge in [0.25, 0.3) is 0 Å². The fourth-order valence-electron chi connectivity index (χ4n) is 1.85. The van der Waals surface area contributed by atoms with Gasteiger partial charge in [0, 0.05) is 19.1 Å². The van der Waals surface area contributed by atoms with Crippen molar-refractivity contribution in [2.24, 2.45) is 0 Å². The fourth-order valence-corrected chi connectivity index (χ4v) is 1.85. The third kappa shape index (κ3) is 4.14. The van der Waals surface area contributed by atoms with Crippen LogP contribution in [-0.4, -0.2) is 29.7 Å². The van der Waals surface area contributed by atoms with Crippen LogP contribution in [0.3, 0.4) is 0 Å². The fraction of sp³-hybridized carbons (Fsp3) is 0.600. The number of aryl methyl sites for hydroxylation is 1. The third-order valence-corrected chi connectivity index (χ3v) is 3.04. The van der Waals surface area contributed by atoms with Crippen LogP contribution >= 0.6 is 0 Å². The zero-order valence-electron chi connectivity index (χ0n) is 11.4. The van der Waals surface area contributed by atoms with Gasteiger partial charge in [-0.2, -0.15) is 0 Å². The second-order valence-corrected chi connectivity index (χ2v) is 5.99. The maximum atomic E-state index is 5.80. The Hall–Kier alpha value is -0.860. The maximum Gasteiger partial charge on any atom is 0.0641 e. The second-order valence-electron chi connectivity index (χ2n) is 5.99. The van der Waals surface area contributed by atoms with Gasteiger partial charge in [0.05, 0.1) is 12.2 Å². The average Bonchev–Trinajstić information content (AvgIpc) is 2.96. The molecule has 0 radical (unpaired) electrons. The summed E-state index contributed by atoms with van der Waals surface area (Å²) in [7, 11) is 0. The third-order valence-electron chi connectivity index (χ3n) is 3.04. The molecule has 0 aromatic heterocycles. The molecule has 2 atom stereocenters. The van der Waals surface area contributed by atoms with E-state index in [4.69, 9.17) is 4.74 Å². The standard InChI is InChI=1S/C15H23NO/c1-12-5-7-13(8-6-12)9-16-10-14(16)11-17-15(2,3)4/h5-8,14H,9-11H2,1-4H3. The maximum absolute atomic E-state index is 5.80. The van der Waals surface area contributed by atoms with Gasteiger partial charge in [-0.15, -0.1) is 0 Å². The molecule has 1 heterocycles. The lowest BCUT2D eigenvalue weighted by Gasteiger charge is -2.19. The van der Waals surface area contributed by atoms with Crippen molar-refractivity contribution >= 4 is 0 Å². The number of rotatable bonds is 4. The number of benzene rings is 1. The van der Waals surface area contributed by atoms with Crippen LogP contribution in [0.1, 0.15) is 31.9 Å². The first kappa shape index (κ1) is 12.6. The van der Waals surface area contributed by atoms with Gasteiger partial charge in [-0.25, -0.2) is 0 Å². The van der Waals surface area contributed by atoms with E-state index in [1.54, 1.807) is 0 Å². The van der Waals surface area contributed by atoms with Crippen LogP contribution in [-0.2, 0) is 11.3 Å². The Labute approximate surface area is 105 Å². The molecule has 1 aromatic rings. The quantitative estimate of drug-likeness (QED) is 0.741. The van der Waals surface area contributed by atoms with Crippen molar-refractivity contribution < 1.29 is 4.74 Å². The van der Waals surface area contributed by atoms with Crippen LogP contribution in [0.2, 0.25) is 0 Å². The van der Waals surface area contributed by atoms with Gasteiger partial charge in [-0.1, -0.05) is 29.8 Å². The molecule has 1 saturated heterocycles. The molecule has 0 spiro atoms. The van der Waals surface area contributed by atoms with E-state index < -0.39 is 0 Å². The molecule has 2 rings (SSSR count). The summed E-state index contributed by atoms with van der Waals surface area (Å²) in [6.07, 6.45) is 0. The van der Waals surface area contributed by atoms with E-state index in [0.29, 0.717) is 6.04 Å². The number of hydrogen-bond donors (Lipinski definition) is 0. The smallest absolute Gasteiger partial charge is 0.0641 e. The summed E-state index contributed by atoms with van der Waals surface area (Å²) in [5.74, 6) is 0. The zero-order chi connectivity index (χ0) is 12.5. The molecule has 94 valence electrons. The van der Waals surface area contributed by atoms with Gasteiger partial charge in [-0.3, -0.25) is 4.90 Å². The van der Waals surface area contributed by atoms with E-state index in [1.807, 2.05) is 0 Å². The normalized spacial score (nSPS) is 23.8. The monoisotopic (exact) mass is 233 g/mol. The van der Waals surface area contributed by atoms with Crippen LogP contribution in [0.25, 0.3) is 0 Å². The molecule has 0 saturated carbocycles. The Bertz CT molecular complexity index is 364. The highest BCUT2D eigenvalue weighted by atomic mass is 16.5. The Morgan fingerprint density at radius 1 is 1.24 bits per heavy atom. The number of nitrogens with zero attached hydrogens (tertiary/aromatic N) is 1. The van der Waals surface area contributed by atoms with Crippen molar-refractivity contribution in [3.05, 3.63) is 35.4 Å². The first-order valence-corrected chi connectivity index (χ1v) is 6.37. The molecule has 1 fully saturated rings. The lowest BCUT2D eigenvalue weighted by Crippen LogP contribution is -2.23. The summed E-state index contributed by atoms with van der Waals surface area (Å²) in [5.41, 5.74) is 2.71. The lowest BCUT2D eigenvalue weighted by molar-refractivity contribution is -0.00570. The van der Waals surface area contributed by atoms with Crippen molar-refractivity contribution in [2.75, 3.05) is 13.2 Å². The molecule has 0 aliphatic carbocycles. The van der Waals surface area contributed by atoms with Crippen LogP contribution < -0.4 is 0 Å². The van der Waals surface area contributed by atoms with E-state index in [2.05, 4.69) is 56.9 Å². The molecule has 1 aromatic carbocycles. The number of hydrogen-bond acceptors (Lipinski definition) is 2. The summed E-state index contributed by atoms with van der Waals surface area (Å²) in [4.78, 5) is 2.45. The van der Waals surface area contributed by atoms with E-state index in [1.165, 1.54) is 17.7 Å². The van der Waals surface area contributed by atoms with E-state index in [9.17, 15) is 0 Å². The van der Waals surface area contributed by atoms with Crippen molar-refractivity contribution in [3.8, 4) is 0 Å². The van der Waals surface area contributed by atoms with E-state index >= 15 is 0 Å². The van der Waals surface area contributed by atoms with E-state index in [0.717, 1.165) is 13.2 Å². The Morgan fingerprint density at radius 2 is 1.88 bits per heavy atom. The summed E-state index contributed by atoms with van der Waals surface area (Å²) >= 11 is 0. The second kappa shape index (κ2) is 4.79. The highest BCUT2D eigenvalue weighted by Crippen LogP contribution is 2.23. The van der Waals surface area contributed by atoms with Crippen molar-refractivity contribution in [3.63, 3.8) is 0 Å². The van der Waals surface area contributed by atoms with E-state index in [-0.39, 0.29) is 5.60 Å². The van der Waals surface area contributed by atoms with Crippen LogP contribution in [0.5, 0.6) is 0 Å². The Kier molecular flexibility index (Phi) is 3.55. The molecular weight excluding hydrogens is 210 g/mol. The molecular formula is C15H23NO. The Balaban J connectivity index is 1.74. The molecule has 1 aliphatic heterocycles. The molecule has 1 aliphatic rings. The van der Waals surface area contributed by atoms with Crippen LogP contribution in [0.15, 0.2) is 24.3 Å². The first-order chi connectivity index (χ1) is 7.94. The largest absolute Gasteiger partial charge is 0.374 e. The zero-order valence-corrected chi connectivity index (χ0v) is 11.4. The minimum Gasteiger partial charge on any atom is -0.374 e. The molecule has 2 unspecified atom stereocenters. The molecule has 17 heavy (non-hydrogen) atoms. The molecule has 0 amide bonds. The lowest BCUT2D eigenvalue weighted by atomic mass is 10.1. The van der Waals surface area contributed by atoms with Gasteiger partial charge >= 0.3 is 0 Å². The molecule has 2 nitrogen and oxygen atoms in total. The molecule has 0 bridgehead atoms. The number of ether oxygens (including phenoxy) is 1. The van der Waals surface area contributed by atoms with Gasteiger partial charge in [-0.05, 0) is 33.3 Å². The van der Waals surface area contributed by atoms with Crippen LogP contribution in [0, 0.1) is 6.92 Å². The predicted octanol–water partition coefficient (Wildman–Crippen LogP) is 2.99. The minimum absolute atomic E-state index is 0.0158. The topological polar surface area (TPSA) is 12.2 Å². The van der Waals surface area contributed by atoms with Gasteiger partial charge in [0.2, 0.25) is 0 Å². The highest BCUT2D eigenvalue weighted by Gasteiger charge is 2.34. The van der Waals surface area contributed by atoms with Crippen LogP contribution in [0.4, 0.5) is 0 Å². The molecule has 0 N–H and O–H groups in total. The van der Waals surface area contributed by atoms with Gasteiger partial charge < -0.3 is 4.74 Å². The van der Waals surface area contributed by atoms with Crippen molar-refractivity contribution in [1.82, 2.24) is 4.90 Å². The SMILES string of the molecule is Cc1ccc(CN2CC2COC(C)(C)C)cc1. The summed E-state index contributed by atoms with van der Waals surface area (Å²) < 4.78 is 5.80. The summed E-state index contributed by atoms with van der Waals surface area (Å²) in [6.45, 7) is 11.5. The van der Waals surface area contributed by atoms with Gasteiger partial charge in [0.1, 0.15) is 0 Å². The summed E-state index contributed by atoms with van der Waals surface area (Å²) in [6, 6.07) is 9.42. The highest BCUT2D eigenvalue weighted by molar-refractivity contribution is 5.21. The predicted molar refractivity (Wildman–Crippen MR) is 71.1 cm³/mol. The summed E-state index contributed by atoms with van der Waals surface area (Å²) in [5, 5.41) is 0. The average molecular weight is 233 g/mol. The molecule has 2 heteroatoms. The first-order valence-electron chi connectivity index (χ1n) is 6.37. The van der Waals surface area contributed by atoms with Crippen molar-refractivity contribution in [2.45, 2.75) is 45.9 Å². The van der Waals surface area contributed by atoms with Crippen molar-refractivity contribution in [1.29, 1.82) is 0 Å². The van der Waals surface area contributed by atoms with Gasteiger partial charge in [0.15, 0.2) is 0 Å². The Morgan fingerprint density at radius 3 is 2.47 bits per heavy atom.